The van der Waals surface area contributed by atoms with Gasteiger partial charge in [-0.05, 0) is 46.2 Å². The molecule has 0 saturated carbocycles. The number of hydrogen-bond acceptors (Lipinski definition) is 2. The summed E-state index contributed by atoms with van der Waals surface area (Å²) in [4.78, 5) is 0. The van der Waals surface area contributed by atoms with E-state index in [4.69, 9.17) is 0 Å². The third-order valence-electron chi connectivity index (χ3n) is 4.46. The molecule has 2 aromatic carbocycles. The van der Waals surface area contributed by atoms with Gasteiger partial charge in [0.2, 0.25) is 0 Å². The lowest BCUT2D eigenvalue weighted by atomic mass is 10.1. The summed E-state index contributed by atoms with van der Waals surface area (Å²) in [6.07, 6.45) is 10.3. The Hall–Kier alpha value is -2.13. The van der Waals surface area contributed by atoms with Crippen LogP contribution in [0.5, 0.6) is 0 Å². The van der Waals surface area contributed by atoms with Crippen LogP contribution in [0.4, 0.5) is 0 Å². The molecule has 2 nitrogen and oxygen atoms in total. The van der Waals surface area contributed by atoms with Crippen LogP contribution < -0.4 is 0 Å². The number of fused-ring (bicyclic) bond motifs is 2. The van der Waals surface area contributed by atoms with E-state index in [1.54, 1.807) is 0 Å². The van der Waals surface area contributed by atoms with Crippen molar-refractivity contribution in [1.82, 2.24) is 0 Å². The molecule has 0 N–H and O–H groups in total. The molecule has 0 spiro atoms. The second kappa shape index (κ2) is 5.50. The summed E-state index contributed by atoms with van der Waals surface area (Å²) in [5.41, 5.74) is 6.60. The molecule has 0 heterocycles. The Labute approximate surface area is 137 Å². The molecule has 0 bridgehead atoms. The average Bonchev–Trinajstić information content (AvgIpc) is 3.13. The van der Waals surface area contributed by atoms with E-state index in [1.807, 2.05) is 36.4 Å². The maximum atomic E-state index is 12.5. The lowest BCUT2D eigenvalue weighted by Crippen LogP contribution is -2.08. The van der Waals surface area contributed by atoms with Gasteiger partial charge >= 0.3 is 0 Å². The highest BCUT2D eigenvalue weighted by Crippen LogP contribution is 2.24. The van der Waals surface area contributed by atoms with Gasteiger partial charge in [-0.25, -0.2) is 8.42 Å². The monoisotopic (exact) mass is 322 g/mol. The lowest BCUT2D eigenvalue weighted by Gasteiger charge is -2.08. The van der Waals surface area contributed by atoms with Crippen LogP contribution in [0.3, 0.4) is 0 Å². The van der Waals surface area contributed by atoms with Crippen molar-refractivity contribution in [3.8, 4) is 0 Å². The van der Waals surface area contributed by atoms with Crippen molar-refractivity contribution in [3.05, 3.63) is 81.9 Å². The first-order valence-electron chi connectivity index (χ1n) is 7.86. The van der Waals surface area contributed by atoms with Crippen LogP contribution in [0.25, 0.3) is 12.2 Å². The highest BCUT2D eigenvalue weighted by Gasteiger charge is 2.16. The first-order chi connectivity index (χ1) is 11.1. The van der Waals surface area contributed by atoms with Crippen LogP contribution in [0.1, 0.15) is 33.4 Å². The van der Waals surface area contributed by atoms with Gasteiger partial charge in [0.25, 0.3) is 0 Å². The fraction of sp³-hybridized carbons (Fsp3) is 0.200. The van der Waals surface area contributed by atoms with Crippen LogP contribution in [0.2, 0.25) is 0 Å². The molecule has 0 saturated heterocycles. The normalized spacial score (nSPS) is 15.0. The minimum Gasteiger partial charge on any atom is -0.228 e. The first kappa shape index (κ1) is 14.5. The molecule has 0 aliphatic heterocycles. The minimum absolute atomic E-state index is 0.0983. The Morgan fingerprint density at radius 1 is 0.739 bits per heavy atom. The molecule has 2 aromatic rings. The smallest absolute Gasteiger partial charge is 0.158 e. The fourth-order valence-electron chi connectivity index (χ4n) is 3.34. The molecule has 0 atom stereocenters. The van der Waals surface area contributed by atoms with Gasteiger partial charge in [0, 0.05) is 0 Å². The second-order valence-corrected chi connectivity index (χ2v) is 8.38. The topological polar surface area (TPSA) is 34.1 Å². The van der Waals surface area contributed by atoms with Crippen LogP contribution >= 0.6 is 0 Å². The number of hydrogen-bond donors (Lipinski definition) is 0. The average molecular weight is 322 g/mol. The molecule has 23 heavy (non-hydrogen) atoms. The van der Waals surface area contributed by atoms with E-state index in [-0.39, 0.29) is 11.5 Å². The van der Waals surface area contributed by atoms with Gasteiger partial charge in [-0.15, -0.1) is 0 Å². The molecule has 2 aliphatic carbocycles. The third kappa shape index (κ3) is 3.02. The van der Waals surface area contributed by atoms with E-state index in [2.05, 4.69) is 24.3 Å². The van der Waals surface area contributed by atoms with Crippen molar-refractivity contribution in [3.63, 3.8) is 0 Å². The quantitative estimate of drug-likeness (QED) is 0.854. The first-order valence-corrected chi connectivity index (χ1v) is 9.68. The van der Waals surface area contributed by atoms with Gasteiger partial charge in [-0.2, -0.15) is 0 Å². The predicted octanol–water partition coefficient (Wildman–Crippen LogP) is 3.94. The highest BCUT2D eigenvalue weighted by molar-refractivity contribution is 7.89. The van der Waals surface area contributed by atoms with E-state index < -0.39 is 9.84 Å². The van der Waals surface area contributed by atoms with E-state index in [0.29, 0.717) is 0 Å². The Morgan fingerprint density at radius 3 is 1.70 bits per heavy atom. The van der Waals surface area contributed by atoms with E-state index in [1.165, 1.54) is 11.1 Å². The third-order valence-corrected chi connectivity index (χ3v) is 6.01. The summed E-state index contributed by atoms with van der Waals surface area (Å²) >= 11 is 0. The van der Waals surface area contributed by atoms with Gasteiger partial charge in [0.15, 0.2) is 9.84 Å². The molecule has 0 radical (unpaired) electrons. The summed E-state index contributed by atoms with van der Waals surface area (Å²) < 4.78 is 25.1. The summed E-state index contributed by atoms with van der Waals surface area (Å²) in [6, 6.07) is 12.0. The SMILES string of the molecule is O=S(=O)(Cc1ccc2c(c1)C=CC2)Cc1ccc2c(c1)C=CC2. The van der Waals surface area contributed by atoms with E-state index in [0.717, 1.165) is 35.1 Å². The van der Waals surface area contributed by atoms with Crippen LogP contribution in [0.15, 0.2) is 48.6 Å². The molecule has 3 heteroatoms. The summed E-state index contributed by atoms with van der Waals surface area (Å²) in [5, 5.41) is 0. The van der Waals surface area contributed by atoms with Gasteiger partial charge < -0.3 is 0 Å². The molecule has 4 rings (SSSR count). The van der Waals surface area contributed by atoms with Crippen molar-refractivity contribution in [2.45, 2.75) is 24.3 Å². The summed E-state index contributed by atoms with van der Waals surface area (Å²) in [7, 11) is -3.17. The highest BCUT2D eigenvalue weighted by atomic mass is 32.2. The molecular weight excluding hydrogens is 304 g/mol. The predicted molar refractivity (Wildman–Crippen MR) is 94.7 cm³/mol. The largest absolute Gasteiger partial charge is 0.228 e. The molecule has 0 unspecified atom stereocenters. The number of rotatable bonds is 4. The maximum absolute atomic E-state index is 12.5. The molecular formula is C20H18O2S. The van der Waals surface area contributed by atoms with Crippen LogP contribution in [-0.4, -0.2) is 8.42 Å². The Kier molecular flexibility index (Phi) is 3.46. The van der Waals surface area contributed by atoms with E-state index in [9.17, 15) is 8.42 Å². The molecule has 0 amide bonds. The van der Waals surface area contributed by atoms with Crippen molar-refractivity contribution in [1.29, 1.82) is 0 Å². The van der Waals surface area contributed by atoms with Crippen molar-refractivity contribution in [2.24, 2.45) is 0 Å². The molecule has 0 aromatic heterocycles. The number of benzene rings is 2. The zero-order valence-corrected chi connectivity index (χ0v) is 13.6. The number of allylic oxidation sites excluding steroid dienone is 2. The second-order valence-electron chi connectivity index (χ2n) is 6.31. The molecule has 116 valence electrons. The molecule has 0 fully saturated rings. The Bertz CT molecular complexity index is 863. The van der Waals surface area contributed by atoms with Gasteiger partial charge in [0.1, 0.15) is 0 Å². The Balaban J connectivity index is 1.54. The maximum Gasteiger partial charge on any atom is 0.158 e. The minimum atomic E-state index is -3.17. The summed E-state index contributed by atoms with van der Waals surface area (Å²) in [5.74, 6) is 0.197. The Morgan fingerprint density at radius 2 is 1.22 bits per heavy atom. The van der Waals surface area contributed by atoms with Gasteiger partial charge in [-0.1, -0.05) is 60.7 Å². The van der Waals surface area contributed by atoms with Crippen molar-refractivity contribution >= 4 is 22.0 Å². The van der Waals surface area contributed by atoms with Crippen molar-refractivity contribution < 1.29 is 8.42 Å². The van der Waals surface area contributed by atoms with E-state index >= 15 is 0 Å². The zero-order valence-electron chi connectivity index (χ0n) is 12.8. The molecule has 2 aliphatic rings. The zero-order chi connectivity index (χ0) is 15.9. The number of sulfone groups is 1. The van der Waals surface area contributed by atoms with Gasteiger partial charge in [-0.3, -0.25) is 0 Å². The van der Waals surface area contributed by atoms with Crippen LogP contribution in [-0.2, 0) is 34.2 Å². The van der Waals surface area contributed by atoms with Gasteiger partial charge in [0.05, 0.1) is 11.5 Å². The standard InChI is InChI=1S/C20H18O2S/c21-23(22,13-15-7-9-17-3-1-5-19(17)11-15)14-16-8-10-18-4-2-6-20(18)12-16/h1-2,5-12H,3-4,13-14H2. The summed E-state index contributed by atoms with van der Waals surface area (Å²) in [6.45, 7) is 0. The van der Waals surface area contributed by atoms with Crippen molar-refractivity contribution in [2.75, 3.05) is 0 Å². The fourth-order valence-corrected chi connectivity index (χ4v) is 4.81. The lowest BCUT2D eigenvalue weighted by molar-refractivity contribution is 0.594. The van der Waals surface area contributed by atoms with Crippen LogP contribution in [0, 0.1) is 0 Å².